The number of hydrogen-bond donors (Lipinski definition) is 3. The minimum atomic E-state index is -0.218. The summed E-state index contributed by atoms with van der Waals surface area (Å²) in [5.41, 5.74) is 8.69. The van der Waals surface area contributed by atoms with Crippen molar-refractivity contribution in [3.05, 3.63) is 119 Å². The summed E-state index contributed by atoms with van der Waals surface area (Å²) in [6.45, 7) is 13.3. The van der Waals surface area contributed by atoms with Crippen molar-refractivity contribution in [1.29, 1.82) is 0 Å². The lowest BCUT2D eigenvalue weighted by atomic mass is 9.87. The molecule has 2 heterocycles. The number of azo groups is 1. The van der Waals surface area contributed by atoms with Crippen molar-refractivity contribution in [3.8, 4) is 0 Å². The average Bonchev–Trinajstić information content (AvgIpc) is 3.36. The van der Waals surface area contributed by atoms with E-state index in [1.54, 1.807) is 0 Å². The first-order valence-corrected chi connectivity index (χ1v) is 13.0. The molecule has 5 heteroatoms. The Hall–Kier alpha value is -3.86. The van der Waals surface area contributed by atoms with Gasteiger partial charge in [-0.25, -0.2) is 0 Å². The van der Waals surface area contributed by atoms with Gasteiger partial charge in [0.1, 0.15) is 6.17 Å². The van der Waals surface area contributed by atoms with E-state index in [9.17, 15) is 0 Å². The number of benzene rings is 3. The lowest BCUT2D eigenvalue weighted by Crippen LogP contribution is -2.26. The van der Waals surface area contributed by atoms with Crippen LogP contribution in [0, 0.1) is 10.8 Å². The molecule has 2 atom stereocenters. The number of hydrogen-bond acceptors (Lipinski definition) is 5. The van der Waals surface area contributed by atoms with Crippen LogP contribution in [0.25, 0.3) is 11.4 Å². The fraction of sp³-hybridized carbons (Fsp3) is 0.312. The van der Waals surface area contributed by atoms with E-state index in [1.807, 2.05) is 18.2 Å². The molecule has 3 N–H and O–H groups in total. The van der Waals surface area contributed by atoms with Crippen LogP contribution in [0.2, 0.25) is 0 Å². The van der Waals surface area contributed by atoms with Crippen molar-refractivity contribution < 1.29 is 0 Å². The first-order valence-electron chi connectivity index (χ1n) is 13.0. The van der Waals surface area contributed by atoms with Crippen molar-refractivity contribution >= 4 is 11.4 Å². The van der Waals surface area contributed by atoms with Crippen LogP contribution >= 0.6 is 0 Å². The fourth-order valence-corrected chi connectivity index (χ4v) is 4.86. The molecule has 37 heavy (non-hydrogen) atoms. The summed E-state index contributed by atoms with van der Waals surface area (Å²) in [7, 11) is 0. The first kappa shape index (κ1) is 24.8. The van der Waals surface area contributed by atoms with Gasteiger partial charge >= 0.3 is 0 Å². The molecule has 0 amide bonds. The fourth-order valence-electron chi connectivity index (χ4n) is 4.86. The Morgan fingerprint density at radius 3 is 1.78 bits per heavy atom. The second-order valence-corrected chi connectivity index (χ2v) is 11.9. The largest absolute Gasteiger partial charge is 0.363 e. The third-order valence-electron chi connectivity index (χ3n) is 6.77. The molecule has 0 saturated heterocycles. The highest BCUT2D eigenvalue weighted by atomic mass is 15.3. The summed E-state index contributed by atoms with van der Waals surface area (Å²) in [5, 5.41) is 20.6. The summed E-state index contributed by atoms with van der Waals surface area (Å²) in [4.78, 5) is 0. The highest BCUT2D eigenvalue weighted by Crippen LogP contribution is 2.40. The maximum absolute atomic E-state index is 4.75. The van der Waals surface area contributed by atoms with Crippen LogP contribution in [-0.4, -0.2) is 0 Å². The molecule has 190 valence electrons. The van der Waals surface area contributed by atoms with Crippen LogP contribution in [0.5, 0.6) is 0 Å². The second-order valence-electron chi connectivity index (χ2n) is 11.9. The molecule has 3 aromatic carbocycles. The molecule has 0 aliphatic carbocycles. The summed E-state index contributed by atoms with van der Waals surface area (Å²) >= 11 is 0. The van der Waals surface area contributed by atoms with Gasteiger partial charge in [0.15, 0.2) is 6.17 Å². The molecule has 5 rings (SSSR count). The Labute approximate surface area is 220 Å². The zero-order chi connectivity index (χ0) is 26.2. The predicted molar refractivity (Wildman–Crippen MR) is 152 cm³/mol. The monoisotopic (exact) mass is 491 g/mol. The van der Waals surface area contributed by atoms with Crippen LogP contribution in [0.15, 0.2) is 107 Å². The van der Waals surface area contributed by atoms with Gasteiger partial charge in [0.05, 0.1) is 17.1 Å². The number of nitrogens with one attached hydrogen (secondary N) is 3. The Morgan fingerprint density at radius 2 is 1.19 bits per heavy atom. The van der Waals surface area contributed by atoms with Crippen LogP contribution in [0.1, 0.15) is 76.1 Å². The lowest BCUT2D eigenvalue weighted by Gasteiger charge is -2.30. The minimum Gasteiger partial charge on any atom is -0.363 e. The molecular formula is C32H37N5. The van der Waals surface area contributed by atoms with E-state index in [0.29, 0.717) is 0 Å². The van der Waals surface area contributed by atoms with Gasteiger partial charge in [0.2, 0.25) is 0 Å². The van der Waals surface area contributed by atoms with Gasteiger partial charge in [-0.2, -0.15) is 10.2 Å². The number of rotatable bonds is 4. The molecule has 0 bridgehead atoms. The maximum atomic E-state index is 4.75. The summed E-state index contributed by atoms with van der Waals surface area (Å²) in [5.74, 6) is 0. The Kier molecular flexibility index (Phi) is 6.40. The van der Waals surface area contributed by atoms with Gasteiger partial charge in [0, 0.05) is 27.7 Å². The summed E-state index contributed by atoms with van der Waals surface area (Å²) in [6, 6.07) is 29.6. The van der Waals surface area contributed by atoms with Crippen LogP contribution < -0.4 is 16.0 Å². The van der Waals surface area contributed by atoms with Crippen molar-refractivity contribution in [2.45, 2.75) is 53.9 Å². The molecule has 0 aromatic heterocycles. The highest BCUT2D eigenvalue weighted by molar-refractivity contribution is 5.76. The second kappa shape index (κ2) is 9.55. The zero-order valence-corrected chi connectivity index (χ0v) is 22.6. The van der Waals surface area contributed by atoms with Crippen LogP contribution in [-0.2, 0) is 0 Å². The molecule has 3 aromatic rings. The lowest BCUT2D eigenvalue weighted by molar-refractivity contribution is 0.449. The standard InChI is InChI=1S/C32H37N5/c1-31(2,3)27-25(33-29(35-27)21-14-9-7-10-15-21)23-18-13-19-24(20-23)26-28(32(4,5)6)36-37-30(34-26)22-16-11-8-12-17-22/h7-20,29-30,33-35H,1-6H3. The van der Waals surface area contributed by atoms with Crippen molar-refractivity contribution in [3.63, 3.8) is 0 Å². The number of allylic oxidation sites excluding steroid dienone is 2. The molecule has 0 fully saturated rings. The maximum Gasteiger partial charge on any atom is 0.166 e. The topological polar surface area (TPSA) is 60.8 Å². The molecule has 0 saturated carbocycles. The Balaban J connectivity index is 1.55. The van der Waals surface area contributed by atoms with Crippen molar-refractivity contribution in [2.75, 3.05) is 0 Å². The van der Waals surface area contributed by atoms with E-state index >= 15 is 0 Å². The Bertz CT molecular complexity index is 1360. The third-order valence-corrected chi connectivity index (χ3v) is 6.77. The predicted octanol–water partition coefficient (Wildman–Crippen LogP) is 7.76. The molecule has 2 aliphatic rings. The van der Waals surface area contributed by atoms with Crippen LogP contribution in [0.4, 0.5) is 0 Å². The number of nitrogens with zero attached hydrogens (tertiary/aromatic N) is 2. The average molecular weight is 492 g/mol. The summed E-state index contributed by atoms with van der Waals surface area (Å²) in [6.07, 6.45) is -0.188. The molecule has 2 aliphatic heterocycles. The SMILES string of the molecule is CC(C)(C)C1=C(c2cccc(C3=C(C(C)(C)C)NC(c4ccccc4)N3)c2)NC(c2ccccc2)N=N1. The van der Waals surface area contributed by atoms with E-state index < -0.39 is 0 Å². The van der Waals surface area contributed by atoms with Gasteiger partial charge in [0.25, 0.3) is 0 Å². The van der Waals surface area contributed by atoms with Crippen molar-refractivity contribution in [2.24, 2.45) is 21.1 Å². The quantitative estimate of drug-likeness (QED) is 0.349. The molecule has 5 nitrogen and oxygen atoms in total. The van der Waals surface area contributed by atoms with E-state index in [2.05, 4.69) is 129 Å². The van der Waals surface area contributed by atoms with Gasteiger partial charge in [-0.1, -0.05) is 120 Å². The van der Waals surface area contributed by atoms with Crippen molar-refractivity contribution in [1.82, 2.24) is 16.0 Å². The van der Waals surface area contributed by atoms with Gasteiger partial charge < -0.3 is 16.0 Å². The highest BCUT2D eigenvalue weighted by Gasteiger charge is 2.33. The third kappa shape index (κ3) is 5.17. The smallest absolute Gasteiger partial charge is 0.166 e. The van der Waals surface area contributed by atoms with E-state index in [0.717, 1.165) is 33.8 Å². The zero-order valence-electron chi connectivity index (χ0n) is 22.6. The molecule has 0 spiro atoms. The summed E-state index contributed by atoms with van der Waals surface area (Å²) < 4.78 is 0. The molecule has 0 radical (unpaired) electrons. The first-order chi connectivity index (χ1) is 17.6. The molecular weight excluding hydrogens is 454 g/mol. The normalized spacial score (nSPS) is 19.9. The van der Waals surface area contributed by atoms with Gasteiger partial charge in [-0.05, 0) is 17.2 Å². The molecule has 2 unspecified atom stereocenters. The van der Waals surface area contributed by atoms with E-state index in [4.69, 9.17) is 5.11 Å². The van der Waals surface area contributed by atoms with Gasteiger partial charge in [-0.3, -0.25) is 0 Å². The van der Waals surface area contributed by atoms with E-state index in [1.165, 1.54) is 11.3 Å². The van der Waals surface area contributed by atoms with Gasteiger partial charge in [-0.15, -0.1) is 0 Å². The Morgan fingerprint density at radius 1 is 0.595 bits per heavy atom. The van der Waals surface area contributed by atoms with E-state index in [-0.39, 0.29) is 23.2 Å². The minimum absolute atomic E-state index is 0.0301. The van der Waals surface area contributed by atoms with Crippen LogP contribution in [0.3, 0.4) is 0 Å².